The minimum Gasteiger partial charge on any atom is -0.322 e. The van der Waals surface area contributed by atoms with Crippen LogP contribution in [0, 0.1) is 0 Å². The van der Waals surface area contributed by atoms with Crippen molar-refractivity contribution in [2.24, 2.45) is 0 Å². The maximum atomic E-state index is 11.8. The van der Waals surface area contributed by atoms with Gasteiger partial charge < -0.3 is 4.98 Å². The van der Waals surface area contributed by atoms with Gasteiger partial charge in [-0.3, -0.25) is 4.79 Å². The lowest BCUT2D eigenvalue weighted by Gasteiger charge is -2.06. The fourth-order valence-corrected chi connectivity index (χ4v) is 2.25. The Kier molecular flexibility index (Phi) is 3.40. The number of benzene rings is 2. The molecule has 0 spiro atoms. The maximum absolute atomic E-state index is 11.8. The number of pyridine rings is 1. The lowest BCUT2D eigenvalue weighted by molar-refractivity contribution is 1.24. The van der Waals surface area contributed by atoms with Crippen molar-refractivity contribution in [1.29, 1.82) is 0 Å². The Balaban J connectivity index is 2.12. The first-order chi connectivity index (χ1) is 9.72. The molecule has 0 unspecified atom stereocenters. The third-order valence-electron chi connectivity index (χ3n) is 3.11. The summed E-state index contributed by atoms with van der Waals surface area (Å²) in [6, 6.07) is 20.8. The zero-order chi connectivity index (χ0) is 13.9. The molecule has 0 amide bonds. The third kappa shape index (κ3) is 2.65. The van der Waals surface area contributed by atoms with Crippen LogP contribution in [-0.4, -0.2) is 4.98 Å². The number of hydrogen-bond acceptors (Lipinski definition) is 1. The number of aromatic amines is 1. The summed E-state index contributed by atoms with van der Waals surface area (Å²) in [5.41, 5.74) is 3.53. The summed E-state index contributed by atoms with van der Waals surface area (Å²) in [6.07, 6.45) is 0. The van der Waals surface area contributed by atoms with Crippen LogP contribution in [0.15, 0.2) is 71.5 Å². The molecule has 1 N–H and O–H groups in total. The Hall–Kier alpha value is -2.32. The first-order valence-corrected chi connectivity index (χ1v) is 6.66. The van der Waals surface area contributed by atoms with E-state index in [1.165, 1.54) is 0 Å². The summed E-state index contributed by atoms with van der Waals surface area (Å²) >= 11 is 5.89. The summed E-state index contributed by atoms with van der Waals surface area (Å²) in [6.45, 7) is 0. The van der Waals surface area contributed by atoms with Gasteiger partial charge in [-0.1, -0.05) is 54.1 Å². The van der Waals surface area contributed by atoms with Gasteiger partial charge >= 0.3 is 0 Å². The lowest BCUT2D eigenvalue weighted by atomic mass is 10.0. The van der Waals surface area contributed by atoms with Crippen LogP contribution in [0.5, 0.6) is 0 Å². The normalized spacial score (nSPS) is 10.4. The maximum Gasteiger partial charge on any atom is 0.249 e. The molecule has 3 heteroatoms. The van der Waals surface area contributed by atoms with Gasteiger partial charge in [0.15, 0.2) is 0 Å². The van der Waals surface area contributed by atoms with E-state index in [1.54, 1.807) is 6.07 Å². The molecule has 0 aliphatic rings. The Morgan fingerprint density at radius 3 is 2.15 bits per heavy atom. The van der Waals surface area contributed by atoms with Crippen molar-refractivity contribution in [3.05, 3.63) is 82.1 Å². The molecule has 20 heavy (non-hydrogen) atoms. The van der Waals surface area contributed by atoms with Crippen LogP contribution < -0.4 is 5.56 Å². The SMILES string of the molecule is O=c1cc(-c2ccc(Cl)cc2)cc(-c2ccccc2)[nH]1. The Morgan fingerprint density at radius 2 is 1.45 bits per heavy atom. The molecule has 0 aliphatic carbocycles. The van der Waals surface area contributed by atoms with E-state index in [0.29, 0.717) is 5.02 Å². The van der Waals surface area contributed by atoms with Crippen molar-refractivity contribution in [2.75, 3.05) is 0 Å². The minimum absolute atomic E-state index is 0.115. The molecule has 0 bridgehead atoms. The molecule has 3 aromatic rings. The van der Waals surface area contributed by atoms with Gasteiger partial charge in [-0.05, 0) is 34.9 Å². The zero-order valence-electron chi connectivity index (χ0n) is 10.6. The smallest absolute Gasteiger partial charge is 0.249 e. The monoisotopic (exact) mass is 281 g/mol. The minimum atomic E-state index is -0.115. The molecule has 0 atom stereocenters. The standard InChI is InChI=1S/C17H12ClNO/c18-15-8-6-12(7-9-15)14-10-16(19-17(20)11-14)13-4-2-1-3-5-13/h1-11H,(H,19,20). The average molecular weight is 282 g/mol. The molecular formula is C17H12ClNO. The third-order valence-corrected chi connectivity index (χ3v) is 3.36. The van der Waals surface area contributed by atoms with E-state index in [9.17, 15) is 4.79 Å². The van der Waals surface area contributed by atoms with Crippen molar-refractivity contribution in [1.82, 2.24) is 4.98 Å². The predicted molar refractivity (Wildman–Crippen MR) is 82.9 cm³/mol. The summed E-state index contributed by atoms with van der Waals surface area (Å²) in [5, 5.41) is 0.682. The summed E-state index contributed by atoms with van der Waals surface area (Å²) in [5.74, 6) is 0. The molecule has 0 fully saturated rings. The van der Waals surface area contributed by atoms with E-state index >= 15 is 0 Å². The molecule has 1 aromatic heterocycles. The van der Waals surface area contributed by atoms with Gasteiger partial charge in [0.1, 0.15) is 0 Å². The number of rotatable bonds is 2. The Labute approximate surface area is 121 Å². The van der Waals surface area contributed by atoms with E-state index in [2.05, 4.69) is 4.98 Å². The van der Waals surface area contributed by atoms with Gasteiger partial charge in [0.05, 0.1) is 0 Å². The molecule has 2 nitrogen and oxygen atoms in total. The van der Waals surface area contributed by atoms with E-state index in [0.717, 1.165) is 22.4 Å². The highest BCUT2D eigenvalue weighted by Gasteiger charge is 2.04. The highest BCUT2D eigenvalue weighted by molar-refractivity contribution is 6.30. The molecule has 0 saturated carbocycles. The lowest BCUT2D eigenvalue weighted by Crippen LogP contribution is -2.05. The quantitative estimate of drug-likeness (QED) is 0.744. The zero-order valence-corrected chi connectivity index (χ0v) is 11.4. The van der Waals surface area contributed by atoms with Crippen molar-refractivity contribution in [3.8, 4) is 22.4 Å². The first-order valence-electron chi connectivity index (χ1n) is 6.28. The number of H-pyrrole nitrogens is 1. The molecule has 3 rings (SSSR count). The first kappa shape index (κ1) is 12.7. The molecule has 98 valence electrons. The van der Waals surface area contributed by atoms with Crippen LogP contribution in [0.3, 0.4) is 0 Å². The number of aromatic nitrogens is 1. The fraction of sp³-hybridized carbons (Fsp3) is 0. The molecule has 0 aliphatic heterocycles. The largest absolute Gasteiger partial charge is 0.322 e. The van der Waals surface area contributed by atoms with Crippen LogP contribution in [-0.2, 0) is 0 Å². The van der Waals surface area contributed by atoms with Crippen LogP contribution in [0.1, 0.15) is 0 Å². The Morgan fingerprint density at radius 1 is 0.750 bits per heavy atom. The van der Waals surface area contributed by atoms with E-state index in [4.69, 9.17) is 11.6 Å². The van der Waals surface area contributed by atoms with Crippen molar-refractivity contribution in [3.63, 3.8) is 0 Å². The molecular weight excluding hydrogens is 270 g/mol. The van der Waals surface area contributed by atoms with Gasteiger partial charge in [-0.2, -0.15) is 0 Å². The van der Waals surface area contributed by atoms with Crippen molar-refractivity contribution in [2.45, 2.75) is 0 Å². The number of hydrogen-bond donors (Lipinski definition) is 1. The highest BCUT2D eigenvalue weighted by Crippen LogP contribution is 2.24. The van der Waals surface area contributed by atoms with Gasteiger partial charge in [0, 0.05) is 16.8 Å². The summed E-state index contributed by atoms with van der Waals surface area (Å²) in [4.78, 5) is 14.7. The van der Waals surface area contributed by atoms with Crippen molar-refractivity contribution >= 4 is 11.6 Å². The van der Waals surface area contributed by atoms with Crippen molar-refractivity contribution < 1.29 is 0 Å². The second-order valence-corrected chi connectivity index (χ2v) is 4.96. The summed E-state index contributed by atoms with van der Waals surface area (Å²) < 4.78 is 0. The molecule has 2 aromatic carbocycles. The number of halogens is 1. The summed E-state index contributed by atoms with van der Waals surface area (Å²) in [7, 11) is 0. The van der Waals surface area contributed by atoms with Crippen LogP contribution >= 0.6 is 11.6 Å². The molecule has 0 saturated heterocycles. The van der Waals surface area contributed by atoms with E-state index in [-0.39, 0.29) is 5.56 Å². The highest BCUT2D eigenvalue weighted by atomic mass is 35.5. The van der Waals surface area contributed by atoms with Crippen LogP contribution in [0.2, 0.25) is 5.02 Å². The second kappa shape index (κ2) is 5.35. The van der Waals surface area contributed by atoms with Crippen LogP contribution in [0.4, 0.5) is 0 Å². The second-order valence-electron chi connectivity index (χ2n) is 4.52. The Bertz CT molecular complexity index is 776. The molecule has 0 radical (unpaired) electrons. The van der Waals surface area contributed by atoms with Gasteiger partial charge in [0.2, 0.25) is 5.56 Å². The fourth-order valence-electron chi connectivity index (χ4n) is 2.13. The predicted octanol–water partition coefficient (Wildman–Crippen LogP) is 4.36. The molecule has 1 heterocycles. The average Bonchev–Trinajstić information content (AvgIpc) is 2.48. The van der Waals surface area contributed by atoms with Gasteiger partial charge in [0.25, 0.3) is 0 Å². The van der Waals surface area contributed by atoms with E-state index < -0.39 is 0 Å². The topological polar surface area (TPSA) is 32.9 Å². The number of nitrogens with one attached hydrogen (secondary N) is 1. The van der Waals surface area contributed by atoms with Gasteiger partial charge in [-0.15, -0.1) is 0 Å². The van der Waals surface area contributed by atoms with Crippen LogP contribution in [0.25, 0.3) is 22.4 Å². The van der Waals surface area contributed by atoms with Gasteiger partial charge in [-0.25, -0.2) is 0 Å². The van der Waals surface area contributed by atoms with E-state index in [1.807, 2.05) is 60.7 Å².